The van der Waals surface area contributed by atoms with Crippen LogP contribution in [0.5, 0.6) is 0 Å². The molecule has 3 aromatic heterocycles. The molecule has 1 fully saturated rings. The average Bonchev–Trinajstić information content (AvgIpc) is 3.40. The van der Waals surface area contributed by atoms with E-state index < -0.39 is 0 Å². The molecule has 1 unspecified atom stereocenters. The van der Waals surface area contributed by atoms with Crippen molar-refractivity contribution in [2.75, 3.05) is 6.54 Å². The van der Waals surface area contributed by atoms with Crippen molar-refractivity contribution >= 4 is 11.7 Å². The van der Waals surface area contributed by atoms with Gasteiger partial charge < -0.3 is 4.90 Å². The zero-order valence-corrected chi connectivity index (χ0v) is 16.6. The Hall–Kier alpha value is -3.10. The molecule has 4 heterocycles. The molecule has 1 amide bonds. The molecule has 1 aliphatic carbocycles. The van der Waals surface area contributed by atoms with Gasteiger partial charge in [-0.15, -0.1) is 5.10 Å². The summed E-state index contributed by atoms with van der Waals surface area (Å²) < 4.78 is 3.12. The van der Waals surface area contributed by atoms with Gasteiger partial charge in [0.1, 0.15) is 0 Å². The number of carbonyl (C=O) groups is 1. The zero-order chi connectivity index (χ0) is 20.1. The van der Waals surface area contributed by atoms with Gasteiger partial charge in [0.05, 0.1) is 18.3 Å². The zero-order valence-electron chi connectivity index (χ0n) is 16.6. The first kappa shape index (κ1) is 18.0. The number of hydrogen-bond acceptors (Lipinski definition) is 6. The largest absolute Gasteiger partial charge is 0.331 e. The van der Waals surface area contributed by atoms with E-state index in [4.69, 9.17) is 0 Å². The van der Waals surface area contributed by atoms with Crippen molar-refractivity contribution in [3.05, 3.63) is 51.0 Å². The minimum Gasteiger partial charge on any atom is -0.331 e. The van der Waals surface area contributed by atoms with Gasteiger partial charge in [0, 0.05) is 24.0 Å². The van der Waals surface area contributed by atoms with Crippen LogP contribution in [0, 0.1) is 13.8 Å². The Morgan fingerprint density at radius 1 is 1.14 bits per heavy atom. The predicted molar refractivity (Wildman–Crippen MR) is 105 cm³/mol. The summed E-state index contributed by atoms with van der Waals surface area (Å²) in [6.45, 7) is 4.84. The first-order valence-electron chi connectivity index (χ1n) is 10.1. The van der Waals surface area contributed by atoms with Crippen LogP contribution in [0.4, 0.5) is 0 Å². The van der Waals surface area contributed by atoms with Crippen molar-refractivity contribution in [3.63, 3.8) is 0 Å². The number of aromatic nitrogens is 6. The number of hydrogen-bond donors (Lipinski definition) is 0. The van der Waals surface area contributed by atoms with E-state index in [0.29, 0.717) is 18.9 Å². The smallest absolute Gasteiger partial charge is 0.293 e. The van der Waals surface area contributed by atoms with E-state index in [0.717, 1.165) is 54.7 Å². The van der Waals surface area contributed by atoms with Gasteiger partial charge in [0.25, 0.3) is 17.2 Å². The van der Waals surface area contributed by atoms with Gasteiger partial charge in [0.15, 0.2) is 0 Å². The molecule has 150 valence electrons. The van der Waals surface area contributed by atoms with Crippen LogP contribution in [0.3, 0.4) is 0 Å². The highest BCUT2D eigenvalue weighted by Gasteiger charge is 2.32. The second-order valence-corrected chi connectivity index (χ2v) is 7.97. The van der Waals surface area contributed by atoms with E-state index in [1.165, 1.54) is 4.68 Å². The summed E-state index contributed by atoms with van der Waals surface area (Å²) in [6.07, 6.45) is 4.62. The van der Waals surface area contributed by atoms with Crippen LogP contribution in [0.2, 0.25) is 0 Å². The molecular weight excluding hydrogens is 370 g/mol. The molecule has 9 heteroatoms. The van der Waals surface area contributed by atoms with Crippen LogP contribution in [0.1, 0.15) is 52.5 Å². The fourth-order valence-electron chi connectivity index (χ4n) is 4.45. The molecule has 5 rings (SSSR count). The fourth-order valence-corrected chi connectivity index (χ4v) is 4.45. The first-order chi connectivity index (χ1) is 14.0. The summed E-state index contributed by atoms with van der Waals surface area (Å²) in [5, 5.41) is 8.93. The Morgan fingerprint density at radius 3 is 2.86 bits per heavy atom. The van der Waals surface area contributed by atoms with E-state index in [-0.39, 0.29) is 23.3 Å². The molecule has 0 aromatic carbocycles. The Bertz CT molecular complexity index is 1180. The molecule has 0 N–H and O–H groups in total. The topological polar surface area (TPSA) is 98.3 Å². The molecule has 0 radical (unpaired) electrons. The van der Waals surface area contributed by atoms with Crippen molar-refractivity contribution in [1.29, 1.82) is 0 Å². The summed E-state index contributed by atoms with van der Waals surface area (Å²) in [5.41, 5.74) is 3.71. The molecule has 0 bridgehead atoms. The summed E-state index contributed by atoms with van der Waals surface area (Å²) >= 11 is 0. The number of fused-ring (bicyclic) bond motifs is 2. The molecule has 1 atom stereocenters. The predicted octanol–water partition coefficient (Wildman–Crippen LogP) is 1.09. The van der Waals surface area contributed by atoms with Gasteiger partial charge in [-0.25, -0.2) is 14.2 Å². The third-order valence-electron chi connectivity index (χ3n) is 5.86. The minimum absolute atomic E-state index is 0.0884. The SMILES string of the molecule is Cc1cc(C)n2nc(C(=O)N3CCCC3Cn3nc4c(cc3=O)CCC4)nc2n1. The highest BCUT2D eigenvalue weighted by atomic mass is 16.2. The van der Waals surface area contributed by atoms with Crippen LogP contribution >= 0.6 is 0 Å². The second kappa shape index (κ2) is 6.75. The van der Waals surface area contributed by atoms with Crippen molar-refractivity contribution in [3.8, 4) is 0 Å². The monoisotopic (exact) mass is 393 g/mol. The lowest BCUT2D eigenvalue weighted by Crippen LogP contribution is -2.41. The molecule has 9 nitrogen and oxygen atoms in total. The third-order valence-corrected chi connectivity index (χ3v) is 5.86. The number of carbonyl (C=O) groups excluding carboxylic acids is 1. The van der Waals surface area contributed by atoms with Crippen LogP contribution in [0.25, 0.3) is 5.78 Å². The Labute approximate surface area is 167 Å². The van der Waals surface area contributed by atoms with Gasteiger partial charge in [-0.3, -0.25) is 9.59 Å². The Balaban J connectivity index is 1.42. The highest BCUT2D eigenvalue weighted by molar-refractivity contribution is 5.91. The molecule has 0 saturated carbocycles. The number of likely N-dealkylation sites (tertiary alicyclic amines) is 1. The highest BCUT2D eigenvalue weighted by Crippen LogP contribution is 2.22. The molecular formula is C20H23N7O2. The van der Waals surface area contributed by atoms with Gasteiger partial charge in [-0.05, 0) is 57.6 Å². The number of amides is 1. The molecule has 29 heavy (non-hydrogen) atoms. The minimum atomic E-state index is -0.218. The molecule has 2 aliphatic rings. The lowest BCUT2D eigenvalue weighted by atomic mass is 10.2. The van der Waals surface area contributed by atoms with Gasteiger partial charge in [0.2, 0.25) is 5.82 Å². The summed E-state index contributed by atoms with van der Waals surface area (Å²) in [6, 6.07) is 3.52. The number of aryl methyl sites for hydroxylation is 4. The quantitative estimate of drug-likeness (QED) is 0.661. The maximum Gasteiger partial charge on any atom is 0.293 e. The van der Waals surface area contributed by atoms with Crippen molar-refractivity contribution < 1.29 is 4.79 Å². The lowest BCUT2D eigenvalue weighted by molar-refractivity contribution is 0.0708. The van der Waals surface area contributed by atoms with E-state index in [9.17, 15) is 9.59 Å². The third kappa shape index (κ3) is 3.10. The molecule has 0 spiro atoms. The maximum atomic E-state index is 13.1. The van der Waals surface area contributed by atoms with Crippen LogP contribution < -0.4 is 5.56 Å². The lowest BCUT2D eigenvalue weighted by Gasteiger charge is -2.23. The maximum absolute atomic E-state index is 13.1. The van der Waals surface area contributed by atoms with Crippen LogP contribution in [0.15, 0.2) is 16.9 Å². The van der Waals surface area contributed by atoms with E-state index in [1.807, 2.05) is 19.9 Å². The van der Waals surface area contributed by atoms with E-state index >= 15 is 0 Å². The summed E-state index contributed by atoms with van der Waals surface area (Å²) in [7, 11) is 0. The molecule has 1 saturated heterocycles. The second-order valence-electron chi connectivity index (χ2n) is 7.97. The Kier molecular flexibility index (Phi) is 4.18. The van der Waals surface area contributed by atoms with Gasteiger partial charge in [-0.1, -0.05) is 0 Å². The van der Waals surface area contributed by atoms with Crippen LogP contribution in [-0.2, 0) is 19.4 Å². The molecule has 1 aliphatic heterocycles. The fraction of sp³-hybridized carbons (Fsp3) is 0.500. The standard InChI is InChI=1S/C20H23N7O2/c1-12-9-13(2)27-20(21-12)22-18(24-27)19(29)25-8-4-6-15(25)11-26-17(28)10-14-5-3-7-16(14)23-26/h9-10,15H,3-8,11H2,1-2H3. The summed E-state index contributed by atoms with van der Waals surface area (Å²) in [5.74, 6) is 0.356. The Morgan fingerprint density at radius 2 is 2.00 bits per heavy atom. The first-order valence-corrected chi connectivity index (χ1v) is 10.1. The molecule has 3 aromatic rings. The van der Waals surface area contributed by atoms with E-state index in [2.05, 4.69) is 20.2 Å². The van der Waals surface area contributed by atoms with Gasteiger partial charge in [-0.2, -0.15) is 10.1 Å². The average molecular weight is 393 g/mol. The summed E-state index contributed by atoms with van der Waals surface area (Å²) in [4.78, 5) is 36.1. The normalized spacial score (nSPS) is 18.6. The van der Waals surface area contributed by atoms with Crippen LogP contribution in [-0.4, -0.2) is 52.8 Å². The number of nitrogens with zero attached hydrogens (tertiary/aromatic N) is 7. The van der Waals surface area contributed by atoms with Crippen molar-refractivity contribution in [2.45, 2.75) is 58.5 Å². The van der Waals surface area contributed by atoms with Gasteiger partial charge >= 0.3 is 0 Å². The van der Waals surface area contributed by atoms with Crippen molar-refractivity contribution in [2.24, 2.45) is 0 Å². The van der Waals surface area contributed by atoms with Crippen molar-refractivity contribution in [1.82, 2.24) is 34.3 Å². The van der Waals surface area contributed by atoms with E-state index in [1.54, 1.807) is 15.5 Å². The number of rotatable bonds is 3.